The Morgan fingerprint density at radius 1 is 1.40 bits per heavy atom. The molecule has 1 rings (SSSR count). The van der Waals surface area contributed by atoms with E-state index in [0.717, 1.165) is 19.6 Å². The van der Waals surface area contributed by atoms with Gasteiger partial charge in [-0.3, -0.25) is 4.68 Å². The quantitative estimate of drug-likeness (QED) is 0.722. The summed E-state index contributed by atoms with van der Waals surface area (Å²) in [6.07, 6.45) is 4.34. The first-order chi connectivity index (χ1) is 7.22. The van der Waals surface area contributed by atoms with Gasteiger partial charge in [0.05, 0.1) is 6.61 Å². The van der Waals surface area contributed by atoms with E-state index in [4.69, 9.17) is 4.74 Å². The Bertz CT molecular complexity index is 250. The molecular formula is C10H20N4O. The van der Waals surface area contributed by atoms with Crippen LogP contribution in [0.3, 0.4) is 0 Å². The minimum Gasteiger partial charge on any atom is -0.383 e. The molecule has 15 heavy (non-hydrogen) atoms. The van der Waals surface area contributed by atoms with Crippen molar-refractivity contribution in [2.24, 2.45) is 0 Å². The van der Waals surface area contributed by atoms with Crippen LogP contribution in [-0.4, -0.2) is 40.6 Å². The average molecular weight is 212 g/mol. The molecule has 86 valence electrons. The molecule has 0 aliphatic rings. The monoisotopic (exact) mass is 212 g/mol. The molecule has 2 unspecified atom stereocenters. The summed E-state index contributed by atoms with van der Waals surface area (Å²) < 4.78 is 6.91. The van der Waals surface area contributed by atoms with Gasteiger partial charge in [0.25, 0.3) is 0 Å². The highest BCUT2D eigenvalue weighted by Crippen LogP contribution is 1.96. The van der Waals surface area contributed by atoms with Crippen molar-refractivity contribution in [3.63, 3.8) is 0 Å². The molecule has 0 saturated carbocycles. The van der Waals surface area contributed by atoms with Crippen LogP contribution in [0.5, 0.6) is 0 Å². The van der Waals surface area contributed by atoms with E-state index >= 15 is 0 Å². The second-order valence-corrected chi connectivity index (χ2v) is 3.87. The third kappa shape index (κ3) is 4.90. The molecule has 0 aliphatic heterocycles. The van der Waals surface area contributed by atoms with Gasteiger partial charge in [0.1, 0.15) is 12.7 Å². The number of rotatable bonds is 7. The minimum absolute atomic E-state index is 0.390. The average Bonchev–Trinajstić information content (AvgIpc) is 2.67. The summed E-state index contributed by atoms with van der Waals surface area (Å²) in [6, 6.07) is 0.847. The number of hydrogen-bond acceptors (Lipinski definition) is 4. The second kappa shape index (κ2) is 6.53. The number of nitrogens with zero attached hydrogens (tertiary/aromatic N) is 3. The van der Waals surface area contributed by atoms with Crippen molar-refractivity contribution in [1.29, 1.82) is 0 Å². The zero-order chi connectivity index (χ0) is 11.1. The molecule has 0 saturated heterocycles. The Morgan fingerprint density at radius 3 is 2.80 bits per heavy atom. The van der Waals surface area contributed by atoms with E-state index in [1.165, 1.54) is 0 Å². The number of nitrogens with one attached hydrogen (secondary N) is 1. The smallest absolute Gasteiger partial charge is 0.137 e. The van der Waals surface area contributed by atoms with Gasteiger partial charge in [-0.05, 0) is 20.3 Å². The summed E-state index contributed by atoms with van der Waals surface area (Å²) in [6.45, 7) is 5.93. The molecule has 0 radical (unpaired) electrons. The maximum Gasteiger partial charge on any atom is 0.137 e. The van der Waals surface area contributed by atoms with E-state index in [2.05, 4.69) is 29.2 Å². The third-order valence-electron chi connectivity index (χ3n) is 2.24. The van der Waals surface area contributed by atoms with Crippen LogP contribution in [0, 0.1) is 0 Å². The van der Waals surface area contributed by atoms with Crippen LogP contribution in [0.2, 0.25) is 0 Å². The maximum atomic E-state index is 5.06. The fourth-order valence-corrected chi connectivity index (χ4v) is 1.54. The fourth-order valence-electron chi connectivity index (χ4n) is 1.54. The first-order valence-electron chi connectivity index (χ1n) is 5.29. The molecule has 0 aliphatic carbocycles. The molecule has 0 spiro atoms. The van der Waals surface area contributed by atoms with Crippen LogP contribution in [0.15, 0.2) is 12.7 Å². The van der Waals surface area contributed by atoms with Gasteiger partial charge in [0.15, 0.2) is 0 Å². The molecule has 0 fully saturated rings. The lowest BCUT2D eigenvalue weighted by atomic mass is 10.2. The molecule has 5 nitrogen and oxygen atoms in total. The molecule has 5 heteroatoms. The molecule has 0 aromatic carbocycles. The summed E-state index contributed by atoms with van der Waals surface area (Å²) in [5, 5.41) is 7.51. The van der Waals surface area contributed by atoms with Gasteiger partial charge in [-0.2, -0.15) is 5.10 Å². The van der Waals surface area contributed by atoms with Crippen LogP contribution < -0.4 is 5.32 Å². The number of hydrogen-bond donors (Lipinski definition) is 1. The summed E-state index contributed by atoms with van der Waals surface area (Å²) >= 11 is 0. The van der Waals surface area contributed by atoms with Crippen LogP contribution in [0.4, 0.5) is 0 Å². The fraction of sp³-hybridized carbons (Fsp3) is 0.800. The topological polar surface area (TPSA) is 52.0 Å². The molecule has 1 aromatic rings. The summed E-state index contributed by atoms with van der Waals surface area (Å²) in [7, 11) is 1.72. The second-order valence-electron chi connectivity index (χ2n) is 3.87. The van der Waals surface area contributed by atoms with E-state index in [0.29, 0.717) is 12.1 Å². The predicted molar refractivity (Wildman–Crippen MR) is 58.6 cm³/mol. The molecular weight excluding hydrogens is 192 g/mol. The standard InChI is InChI=1S/C10H20N4O/c1-9(13-10(2)6-15-3)4-5-14-8-11-7-12-14/h7-10,13H,4-6H2,1-3H3. The summed E-state index contributed by atoms with van der Waals surface area (Å²) in [5.74, 6) is 0. The number of ether oxygens (including phenoxy) is 1. The van der Waals surface area contributed by atoms with Crippen molar-refractivity contribution in [2.45, 2.75) is 38.9 Å². The Balaban J connectivity index is 2.15. The zero-order valence-corrected chi connectivity index (χ0v) is 9.68. The van der Waals surface area contributed by atoms with Gasteiger partial charge in [-0.25, -0.2) is 4.98 Å². The van der Waals surface area contributed by atoms with Gasteiger partial charge >= 0.3 is 0 Å². The van der Waals surface area contributed by atoms with Crippen molar-refractivity contribution < 1.29 is 4.74 Å². The largest absolute Gasteiger partial charge is 0.383 e. The van der Waals surface area contributed by atoms with Crippen LogP contribution in [0.25, 0.3) is 0 Å². The van der Waals surface area contributed by atoms with E-state index in [1.54, 1.807) is 19.8 Å². The minimum atomic E-state index is 0.390. The normalized spacial score (nSPS) is 15.1. The van der Waals surface area contributed by atoms with E-state index < -0.39 is 0 Å². The van der Waals surface area contributed by atoms with Crippen molar-refractivity contribution in [3.05, 3.63) is 12.7 Å². The first-order valence-corrected chi connectivity index (χ1v) is 5.29. The molecule has 0 amide bonds. The molecule has 1 N–H and O–H groups in total. The van der Waals surface area contributed by atoms with Gasteiger partial charge in [-0.15, -0.1) is 0 Å². The lowest BCUT2D eigenvalue weighted by molar-refractivity contribution is 0.166. The zero-order valence-electron chi connectivity index (χ0n) is 9.68. The lowest BCUT2D eigenvalue weighted by Gasteiger charge is -2.19. The van der Waals surface area contributed by atoms with Crippen molar-refractivity contribution in [2.75, 3.05) is 13.7 Å². The number of aromatic nitrogens is 3. The molecule has 0 bridgehead atoms. The predicted octanol–water partition coefficient (Wildman–Crippen LogP) is 0.681. The summed E-state index contributed by atoms with van der Waals surface area (Å²) in [5.41, 5.74) is 0. The highest BCUT2D eigenvalue weighted by molar-refractivity contribution is 4.67. The van der Waals surface area contributed by atoms with E-state index in [1.807, 2.05) is 4.68 Å². The SMILES string of the molecule is COCC(C)NC(C)CCn1cncn1. The Hall–Kier alpha value is -0.940. The Morgan fingerprint density at radius 2 is 2.20 bits per heavy atom. The maximum absolute atomic E-state index is 5.06. The molecule has 2 atom stereocenters. The van der Waals surface area contributed by atoms with Crippen LogP contribution >= 0.6 is 0 Å². The van der Waals surface area contributed by atoms with Crippen molar-refractivity contribution in [3.8, 4) is 0 Å². The molecule has 1 aromatic heterocycles. The lowest BCUT2D eigenvalue weighted by Crippen LogP contribution is -2.37. The van der Waals surface area contributed by atoms with Gasteiger partial charge in [0, 0.05) is 25.7 Å². The number of methoxy groups -OCH3 is 1. The Kier molecular flexibility index (Phi) is 5.28. The Labute approximate surface area is 90.8 Å². The van der Waals surface area contributed by atoms with Crippen molar-refractivity contribution in [1.82, 2.24) is 20.1 Å². The highest BCUT2D eigenvalue weighted by Gasteiger charge is 2.06. The number of aryl methyl sites for hydroxylation is 1. The van der Waals surface area contributed by atoms with Crippen LogP contribution in [0.1, 0.15) is 20.3 Å². The summed E-state index contributed by atoms with van der Waals surface area (Å²) in [4.78, 5) is 3.90. The van der Waals surface area contributed by atoms with Gasteiger partial charge in [-0.1, -0.05) is 0 Å². The highest BCUT2D eigenvalue weighted by atomic mass is 16.5. The van der Waals surface area contributed by atoms with Crippen LogP contribution in [-0.2, 0) is 11.3 Å². The van der Waals surface area contributed by atoms with Gasteiger partial charge < -0.3 is 10.1 Å². The van der Waals surface area contributed by atoms with Gasteiger partial charge in [0.2, 0.25) is 0 Å². The van der Waals surface area contributed by atoms with E-state index in [-0.39, 0.29) is 0 Å². The molecule has 1 heterocycles. The first kappa shape index (κ1) is 12.1. The third-order valence-corrected chi connectivity index (χ3v) is 2.24. The van der Waals surface area contributed by atoms with E-state index in [9.17, 15) is 0 Å². The van der Waals surface area contributed by atoms with Crippen molar-refractivity contribution >= 4 is 0 Å².